The Morgan fingerprint density at radius 1 is 1.29 bits per heavy atom. The topological polar surface area (TPSA) is 57.7 Å². The van der Waals surface area contributed by atoms with Gasteiger partial charge in [-0.1, -0.05) is 13.0 Å². The van der Waals surface area contributed by atoms with Crippen LogP contribution in [0.2, 0.25) is 0 Å². The number of carbonyl (C=O) groups is 1. The molecule has 0 aromatic heterocycles. The Balaban J connectivity index is 1.79. The van der Waals surface area contributed by atoms with Gasteiger partial charge in [0.1, 0.15) is 5.82 Å². The van der Waals surface area contributed by atoms with Crippen LogP contribution in [-0.4, -0.2) is 49.2 Å². The molecule has 1 aromatic rings. The zero-order chi connectivity index (χ0) is 17.3. The lowest BCUT2D eigenvalue weighted by Crippen LogP contribution is -2.56. The van der Waals surface area contributed by atoms with Gasteiger partial charge in [0.05, 0.1) is 4.90 Å². The number of amides is 1. The monoisotopic (exact) mass is 354 g/mol. The van der Waals surface area contributed by atoms with Crippen molar-refractivity contribution in [1.82, 2.24) is 9.21 Å². The quantitative estimate of drug-likeness (QED) is 0.833. The zero-order valence-corrected chi connectivity index (χ0v) is 14.6. The van der Waals surface area contributed by atoms with Crippen LogP contribution in [0.25, 0.3) is 0 Å². The summed E-state index contributed by atoms with van der Waals surface area (Å²) in [6, 6.07) is 5.27. The zero-order valence-electron chi connectivity index (χ0n) is 13.8. The summed E-state index contributed by atoms with van der Waals surface area (Å²) in [4.78, 5) is 14.1. The molecule has 0 aliphatic carbocycles. The van der Waals surface area contributed by atoms with Crippen LogP contribution in [0.15, 0.2) is 29.2 Å². The second-order valence-electron chi connectivity index (χ2n) is 6.56. The molecule has 2 fully saturated rings. The van der Waals surface area contributed by atoms with E-state index in [0.717, 1.165) is 25.5 Å². The molecule has 5 nitrogen and oxygen atoms in total. The van der Waals surface area contributed by atoms with Gasteiger partial charge < -0.3 is 4.90 Å². The van der Waals surface area contributed by atoms with Gasteiger partial charge in [0, 0.05) is 32.1 Å². The van der Waals surface area contributed by atoms with Crippen molar-refractivity contribution in [2.24, 2.45) is 5.92 Å². The van der Waals surface area contributed by atoms with Crippen molar-refractivity contribution in [1.29, 1.82) is 0 Å². The first kappa shape index (κ1) is 17.4. The van der Waals surface area contributed by atoms with E-state index < -0.39 is 15.8 Å². The van der Waals surface area contributed by atoms with Gasteiger partial charge in [0.25, 0.3) is 0 Å². The van der Waals surface area contributed by atoms with Crippen LogP contribution >= 0.6 is 0 Å². The van der Waals surface area contributed by atoms with Crippen molar-refractivity contribution in [2.45, 2.75) is 43.5 Å². The molecule has 2 aliphatic rings. The lowest BCUT2D eigenvalue weighted by Gasteiger charge is -2.46. The van der Waals surface area contributed by atoms with Crippen LogP contribution in [0.1, 0.15) is 32.6 Å². The first-order valence-electron chi connectivity index (χ1n) is 8.48. The fraction of sp³-hybridized carbons (Fsp3) is 0.588. The average Bonchev–Trinajstić information content (AvgIpc) is 2.57. The highest BCUT2D eigenvalue weighted by molar-refractivity contribution is 7.89. The number of fused-ring (bicyclic) bond motifs is 1. The molecule has 24 heavy (non-hydrogen) atoms. The first-order valence-corrected chi connectivity index (χ1v) is 9.92. The summed E-state index contributed by atoms with van der Waals surface area (Å²) in [7, 11) is -3.69. The normalized spacial score (nSPS) is 25.6. The molecule has 2 atom stereocenters. The largest absolute Gasteiger partial charge is 0.339 e. The van der Waals surface area contributed by atoms with E-state index in [0.29, 0.717) is 25.9 Å². The molecule has 0 spiro atoms. The van der Waals surface area contributed by atoms with E-state index in [4.69, 9.17) is 0 Å². The van der Waals surface area contributed by atoms with Gasteiger partial charge in [-0.3, -0.25) is 4.79 Å². The number of hydrogen-bond donors (Lipinski definition) is 0. The number of benzene rings is 1. The SMILES string of the molecule is CCCN1C(=O)CC[C@H]2CN(S(=O)(=O)c3cccc(F)c3)CC[C@H]21. The number of nitrogens with zero attached hydrogens (tertiary/aromatic N) is 2. The summed E-state index contributed by atoms with van der Waals surface area (Å²) in [5, 5.41) is 0. The van der Waals surface area contributed by atoms with E-state index in [1.54, 1.807) is 0 Å². The maximum atomic E-state index is 13.4. The summed E-state index contributed by atoms with van der Waals surface area (Å²) in [5.41, 5.74) is 0. The summed E-state index contributed by atoms with van der Waals surface area (Å²) in [5.74, 6) is -0.214. The number of likely N-dealkylation sites (tertiary alicyclic amines) is 1. The van der Waals surface area contributed by atoms with Gasteiger partial charge in [-0.25, -0.2) is 12.8 Å². The van der Waals surface area contributed by atoms with Crippen LogP contribution in [0.3, 0.4) is 0 Å². The van der Waals surface area contributed by atoms with E-state index in [1.807, 2.05) is 11.8 Å². The molecule has 0 bridgehead atoms. The standard InChI is InChI=1S/C17H23FN2O3S/c1-2-9-20-16-8-10-19(12-13(16)6-7-17(20)21)24(22,23)15-5-3-4-14(18)11-15/h3-5,11,13,16H,2,6-10,12H2,1H3/t13-,16+/m0/s1. The summed E-state index contributed by atoms with van der Waals surface area (Å²) >= 11 is 0. The molecular formula is C17H23FN2O3S. The molecule has 7 heteroatoms. The molecule has 0 saturated carbocycles. The summed E-state index contributed by atoms with van der Waals surface area (Å²) in [6.07, 6.45) is 2.75. The molecule has 0 N–H and O–H groups in total. The number of piperidine rings is 2. The van der Waals surface area contributed by atoms with E-state index in [2.05, 4.69) is 0 Å². The second kappa shape index (κ2) is 6.80. The minimum atomic E-state index is -3.69. The predicted octanol–water partition coefficient (Wildman–Crippen LogP) is 2.24. The Morgan fingerprint density at radius 3 is 2.79 bits per heavy atom. The van der Waals surface area contributed by atoms with Gasteiger partial charge in [0.2, 0.25) is 15.9 Å². The molecule has 132 valence electrons. The van der Waals surface area contributed by atoms with E-state index in [-0.39, 0.29) is 22.8 Å². The number of hydrogen-bond acceptors (Lipinski definition) is 3. The minimum Gasteiger partial charge on any atom is -0.339 e. The lowest BCUT2D eigenvalue weighted by atomic mass is 9.84. The summed E-state index contributed by atoms with van der Waals surface area (Å²) in [6.45, 7) is 3.54. The molecule has 2 aliphatic heterocycles. The highest BCUT2D eigenvalue weighted by atomic mass is 32.2. The van der Waals surface area contributed by atoms with Crippen LogP contribution < -0.4 is 0 Å². The summed E-state index contributed by atoms with van der Waals surface area (Å²) < 4.78 is 40.4. The highest BCUT2D eigenvalue weighted by Crippen LogP contribution is 2.33. The van der Waals surface area contributed by atoms with Crippen LogP contribution in [0, 0.1) is 11.7 Å². The van der Waals surface area contributed by atoms with Crippen LogP contribution in [0.4, 0.5) is 4.39 Å². The van der Waals surface area contributed by atoms with Crippen molar-refractivity contribution < 1.29 is 17.6 Å². The van der Waals surface area contributed by atoms with Crippen molar-refractivity contribution in [3.63, 3.8) is 0 Å². The Hall–Kier alpha value is -1.47. The van der Waals surface area contributed by atoms with Crippen molar-refractivity contribution in [3.05, 3.63) is 30.1 Å². The Kier molecular flexibility index (Phi) is 4.92. The fourth-order valence-corrected chi connectivity index (χ4v) is 5.39. The molecule has 2 saturated heterocycles. The molecule has 0 radical (unpaired) electrons. The van der Waals surface area contributed by atoms with E-state index in [1.165, 1.54) is 22.5 Å². The number of carbonyl (C=O) groups excluding carboxylic acids is 1. The van der Waals surface area contributed by atoms with Crippen molar-refractivity contribution in [3.8, 4) is 0 Å². The van der Waals surface area contributed by atoms with E-state index >= 15 is 0 Å². The molecule has 0 unspecified atom stereocenters. The molecular weight excluding hydrogens is 331 g/mol. The smallest absolute Gasteiger partial charge is 0.243 e. The number of rotatable bonds is 4. The predicted molar refractivity (Wildman–Crippen MR) is 88.3 cm³/mol. The van der Waals surface area contributed by atoms with Gasteiger partial charge in [0.15, 0.2) is 0 Å². The van der Waals surface area contributed by atoms with Gasteiger partial charge in [-0.2, -0.15) is 4.31 Å². The molecule has 3 rings (SSSR count). The lowest BCUT2D eigenvalue weighted by molar-refractivity contribution is -0.140. The Labute approximate surface area is 142 Å². The van der Waals surface area contributed by atoms with Crippen LogP contribution in [-0.2, 0) is 14.8 Å². The Morgan fingerprint density at radius 2 is 2.08 bits per heavy atom. The maximum absolute atomic E-state index is 13.4. The molecule has 1 amide bonds. The number of sulfonamides is 1. The first-order chi connectivity index (χ1) is 11.4. The van der Waals surface area contributed by atoms with Crippen molar-refractivity contribution in [2.75, 3.05) is 19.6 Å². The second-order valence-corrected chi connectivity index (χ2v) is 8.50. The van der Waals surface area contributed by atoms with Gasteiger partial charge in [-0.15, -0.1) is 0 Å². The molecule has 1 aromatic carbocycles. The maximum Gasteiger partial charge on any atom is 0.243 e. The minimum absolute atomic E-state index is 0.00162. The fourth-order valence-electron chi connectivity index (χ4n) is 3.84. The van der Waals surface area contributed by atoms with Crippen molar-refractivity contribution >= 4 is 15.9 Å². The Bertz CT molecular complexity index is 722. The van der Waals surface area contributed by atoms with Crippen LogP contribution in [0.5, 0.6) is 0 Å². The van der Waals surface area contributed by atoms with Gasteiger partial charge in [-0.05, 0) is 43.4 Å². The average molecular weight is 354 g/mol. The molecule has 2 heterocycles. The highest BCUT2D eigenvalue weighted by Gasteiger charge is 2.41. The van der Waals surface area contributed by atoms with Gasteiger partial charge >= 0.3 is 0 Å². The third-order valence-corrected chi connectivity index (χ3v) is 6.87. The van der Waals surface area contributed by atoms with E-state index in [9.17, 15) is 17.6 Å². The number of halogens is 1. The third kappa shape index (κ3) is 3.19. The third-order valence-electron chi connectivity index (χ3n) is 5.00.